The van der Waals surface area contributed by atoms with Crippen molar-refractivity contribution in [2.75, 3.05) is 98.5 Å². The van der Waals surface area contributed by atoms with E-state index in [2.05, 4.69) is 29.4 Å². The highest BCUT2D eigenvalue weighted by atomic mass is 32.2. The lowest BCUT2D eigenvalue weighted by atomic mass is 9.93. The van der Waals surface area contributed by atoms with E-state index >= 15 is 0 Å². The largest absolute Gasteiger partial charge is 0.370 e. The van der Waals surface area contributed by atoms with E-state index in [1.54, 1.807) is 26.8 Å². The maximum atomic E-state index is 14.2. The number of carbonyl (C=O) groups is 2. The van der Waals surface area contributed by atoms with Gasteiger partial charge in [-0.15, -0.1) is 0 Å². The van der Waals surface area contributed by atoms with Crippen molar-refractivity contribution in [3.05, 3.63) is 177 Å². The number of benzene rings is 5. The number of sulfonamides is 3. The van der Waals surface area contributed by atoms with E-state index in [1.165, 1.54) is 12.1 Å². The Labute approximate surface area is 845 Å². The van der Waals surface area contributed by atoms with Gasteiger partial charge in [-0.1, -0.05) is 26.7 Å². The molecule has 800 valence electrons. The Morgan fingerprint density at radius 3 is 0.828 bits per heavy atom. The molecule has 2 amide bonds. The fourth-order valence-corrected chi connectivity index (χ4v) is 33.4. The molecular weight excluding hydrogens is 1950 g/mol. The Kier molecular flexibility index (Phi) is 32.6. The van der Waals surface area contributed by atoms with Crippen molar-refractivity contribution < 1.29 is 102 Å². The van der Waals surface area contributed by atoms with Crippen molar-refractivity contribution >= 4 is 41.9 Å². The van der Waals surface area contributed by atoms with Crippen LogP contribution in [0.4, 0.5) is 43.9 Å². The Hall–Kier alpha value is -6.53. The molecule has 0 spiro atoms. The molecule has 0 aromatic heterocycles. The summed E-state index contributed by atoms with van der Waals surface area (Å²) < 4.78 is 251. The summed E-state index contributed by atoms with van der Waals surface area (Å²) in [5.41, 5.74) is 32.6. The molecule has 28 nitrogen and oxygen atoms in total. The summed E-state index contributed by atoms with van der Waals surface area (Å²) in [6.07, 6.45) is 15.9. The molecule has 10 N–H and O–H groups in total. The van der Waals surface area contributed by atoms with Gasteiger partial charge in [0.25, 0.3) is 0 Å². The zero-order valence-electron chi connectivity index (χ0n) is 83.0. The van der Waals surface area contributed by atoms with Crippen LogP contribution >= 0.6 is 0 Å². The van der Waals surface area contributed by atoms with E-state index < -0.39 is 148 Å². The van der Waals surface area contributed by atoms with E-state index in [0.29, 0.717) is 109 Å². The molecule has 3 saturated carbocycles. The summed E-state index contributed by atoms with van der Waals surface area (Å²) in [5, 5.41) is -0.819. The van der Waals surface area contributed by atoms with Crippen LogP contribution in [0.1, 0.15) is 234 Å². The molecule has 23 rings (SSSR count). The number of nitrogens with two attached hydrogens (primary N) is 5. The molecule has 25 atom stereocenters. The predicted octanol–water partition coefficient (Wildman–Crippen LogP) is 11.0. The van der Waals surface area contributed by atoms with Crippen molar-refractivity contribution in [2.24, 2.45) is 40.5 Å². The van der Waals surface area contributed by atoms with E-state index in [1.807, 2.05) is 18.7 Å². The molecule has 10 unspecified atom stereocenters. The fraction of sp³-hybridized carbons (Fsp3) is 0.692. The highest BCUT2D eigenvalue weighted by Crippen LogP contribution is 2.49. The Balaban J connectivity index is 0.000000115. The quantitative estimate of drug-likeness (QED) is 0.0509. The number of rotatable bonds is 18. The van der Waals surface area contributed by atoms with Crippen molar-refractivity contribution in [1.82, 2.24) is 47.2 Å². The van der Waals surface area contributed by atoms with Crippen LogP contribution in [0.15, 0.2) is 91.0 Å². The van der Waals surface area contributed by atoms with Gasteiger partial charge in [-0.3, -0.25) is 34.1 Å². The van der Waals surface area contributed by atoms with Gasteiger partial charge in [0.15, 0.2) is 0 Å². The van der Waals surface area contributed by atoms with Crippen LogP contribution in [-0.2, 0) is 63.3 Å². The lowest BCUT2D eigenvalue weighted by Crippen LogP contribution is -2.52. The summed E-state index contributed by atoms with van der Waals surface area (Å²) >= 11 is 0. The first kappa shape index (κ1) is 107. The third-order valence-electron chi connectivity index (χ3n) is 34.9. The zero-order chi connectivity index (χ0) is 102. The Morgan fingerprint density at radius 1 is 0.303 bits per heavy atom. The van der Waals surface area contributed by atoms with Crippen molar-refractivity contribution in [1.29, 1.82) is 0 Å². The molecule has 5 aromatic carbocycles. The second kappa shape index (κ2) is 44.3. The highest BCUT2D eigenvalue weighted by Gasteiger charge is 2.58. The molecule has 0 bridgehead atoms. The molecule has 41 heteroatoms. The minimum absolute atomic E-state index is 0.00277. The van der Waals surface area contributed by atoms with Crippen LogP contribution in [0.2, 0.25) is 0 Å². The predicted molar refractivity (Wildman–Crippen MR) is 523 cm³/mol. The normalized spacial score (nSPS) is 35.1. The molecular formula is C104H143F10N15O13S3. The summed E-state index contributed by atoms with van der Waals surface area (Å²) in [7, 11) is -9.68. The first-order valence-electron chi connectivity index (χ1n) is 52.8. The average Bonchev–Trinajstić information content (AvgIpc) is 0.888. The zero-order valence-corrected chi connectivity index (χ0v) is 85.5. The highest BCUT2D eigenvalue weighted by molar-refractivity contribution is 7.90. The maximum Gasteiger partial charge on any atom is 0.225 e. The van der Waals surface area contributed by atoms with E-state index in [4.69, 9.17) is 52.4 Å². The lowest BCUT2D eigenvalue weighted by molar-refractivity contribution is -0.135. The number of likely N-dealkylation sites (tertiary alicyclic amines) is 7. The minimum atomic E-state index is -3.28. The van der Waals surface area contributed by atoms with Crippen molar-refractivity contribution in [3.63, 3.8) is 0 Å². The van der Waals surface area contributed by atoms with Gasteiger partial charge in [-0.05, 0) is 240 Å². The van der Waals surface area contributed by atoms with E-state index in [9.17, 15) is 78.7 Å². The van der Waals surface area contributed by atoms with E-state index in [0.717, 1.165) is 240 Å². The van der Waals surface area contributed by atoms with Crippen LogP contribution in [0, 0.1) is 70.0 Å². The van der Waals surface area contributed by atoms with Crippen LogP contribution < -0.4 is 28.7 Å². The van der Waals surface area contributed by atoms with Gasteiger partial charge in [0.2, 0.25) is 41.9 Å². The maximum absolute atomic E-state index is 14.2. The van der Waals surface area contributed by atoms with Crippen molar-refractivity contribution in [2.45, 2.75) is 342 Å². The second-order valence-corrected chi connectivity index (χ2v) is 51.0. The number of nitrogens with zero attached hydrogens (tertiary/aromatic N) is 10. The number of carbonyl (C=O) groups excluding carboxylic acids is 2. The monoisotopic (exact) mass is 2100 g/mol. The molecule has 15 saturated heterocycles. The summed E-state index contributed by atoms with van der Waals surface area (Å²) in [5.74, 6) is -4.16. The number of ether oxygens (including phenoxy) is 5. The van der Waals surface area contributed by atoms with Gasteiger partial charge in [0, 0.05) is 226 Å². The first-order valence-corrected chi connectivity index (χ1v) is 57.3. The topological polar surface area (TPSA) is 345 Å². The molecule has 5 aromatic rings. The molecule has 15 aliphatic heterocycles. The molecule has 145 heavy (non-hydrogen) atoms. The van der Waals surface area contributed by atoms with E-state index in [-0.39, 0.29) is 135 Å². The molecule has 15 heterocycles. The fourth-order valence-electron chi connectivity index (χ4n) is 27.5. The third-order valence-corrected chi connectivity index (χ3v) is 42.0. The lowest BCUT2D eigenvalue weighted by Gasteiger charge is -2.40. The summed E-state index contributed by atoms with van der Waals surface area (Å²) in [6.45, 7) is 17.0. The van der Waals surface area contributed by atoms with Gasteiger partial charge in [-0.25, -0.2) is 69.2 Å². The SMILES string of the molecule is CC(C)C(=O)N1CCC2C1CCN2[C@H]1CO[C@H](c2cc(F)ccc2F)[C@@H](N)C1.CC(C)S(=O)(=O)N1CCC2C1CCN2[C@H]1CO[C@H](c2cc(F)ccc2F)[C@@H](N)C1.N[C@H]1C[C@@H](N2CCC3C2CCN3C(=O)C2CC2)CO[C@@H]1c1cc(F)ccc1F.N[C@H]1C[C@@H](N2CCC3C2CCN3S(=O)(=O)C2CC2)CO[C@@H]1c1cc(F)ccc1F.N[C@H]1C[C@@H](N2CCC3C2CCN3S(=O)(=O)C2CCCC2)CO[C@@H]1c1cc(F)ccc1F. The number of hydrogen-bond acceptors (Lipinski definition) is 23. The van der Waals surface area contributed by atoms with Crippen LogP contribution in [-0.4, -0.2) is 319 Å². The Morgan fingerprint density at radius 2 is 0.552 bits per heavy atom. The number of hydrogen-bond donors (Lipinski definition) is 5. The van der Waals surface area contributed by atoms with Gasteiger partial charge in [-0.2, -0.15) is 12.9 Å². The molecule has 18 aliphatic rings. The molecule has 0 radical (unpaired) electrons. The van der Waals surface area contributed by atoms with Gasteiger partial charge in [0.1, 0.15) is 88.7 Å². The minimum Gasteiger partial charge on any atom is -0.370 e. The molecule has 18 fully saturated rings. The second-order valence-electron chi connectivity index (χ2n) is 44.2. The van der Waals surface area contributed by atoms with Crippen molar-refractivity contribution in [3.8, 4) is 0 Å². The van der Waals surface area contributed by atoms with Crippen LogP contribution in [0.5, 0.6) is 0 Å². The standard InChI is InChI=1S/C22H31F2N3O3S.C21H27F2N3O2.C21H29F2N3O2.C20H27F2N3O3S.C20H29F2N3O3S/c23-14-5-6-18(24)17(11-14)22-19(25)12-15(13-30-22)26-9-7-21-20(26)8-10-27(21)31(28,29)16-3-1-2-4-16;22-13-3-4-16(23)15(9-13)20-17(24)10-14(11-28-20)25-7-5-19-18(25)6-8-26(19)21(27)12-1-2-12;1-12(2)21(27)26-8-6-18-19(26)5-7-25(18)14-10-17(24)20(28-11-14)15-9-13(22)3-4-16(15)23;21-12-1-4-16(22)15(9-12)20-17(23)10-13(11-28-20)24-7-5-19-18(24)6-8-25(19)29(26,27)14-2-3-14;1-12(2)29(26,27)25-8-6-18-19(25)5-7-24(18)14-10-17(23)20(28-11-14)15-9-13(21)3-4-16(15)22/h5-6,11,15-16,19-22H,1-4,7-10,12-13,25H2;3-4,9,12,14,17-20H,1-2,5-8,10-11,24H2;3-4,9,12,14,17-20H,5-8,10-11,24H2,1-2H3;1,4,9,13-14,17-20H,2-3,5-8,10-11,23H2;3-4,9,12,14,17-20H,5-8,10-11,23H2,1-2H3/t15-,19+,20?,21?,22-;2*14-,17+,18?,19?,20-;13-,17+,18?,19?,20-;14-,17+,18?,19?,20-/m11111/s1. The van der Waals surface area contributed by atoms with Crippen LogP contribution in [0.25, 0.3) is 0 Å². The van der Waals surface area contributed by atoms with Gasteiger partial charge < -0.3 is 62.2 Å². The van der Waals surface area contributed by atoms with Gasteiger partial charge in [0.05, 0.1) is 48.8 Å². The smallest absolute Gasteiger partial charge is 0.225 e. The number of halogens is 10. The number of fused-ring (bicyclic) bond motifs is 5. The van der Waals surface area contributed by atoms with Gasteiger partial charge >= 0.3 is 0 Å². The Bertz CT molecular complexity index is 5550. The average molecular weight is 2100 g/mol. The summed E-state index contributed by atoms with van der Waals surface area (Å²) in [4.78, 5) is 41.1. The summed E-state index contributed by atoms with van der Waals surface area (Å²) in [6, 6.07) is 17.1. The third kappa shape index (κ3) is 22.0. The number of amides is 2. The molecule has 3 aliphatic carbocycles. The first-order chi connectivity index (χ1) is 69.3. The van der Waals surface area contributed by atoms with Crippen LogP contribution in [0.3, 0.4) is 0 Å².